The Kier molecular flexibility index (Phi) is 5.66. The lowest BCUT2D eigenvalue weighted by atomic mass is 10.2. The highest BCUT2D eigenvalue weighted by atomic mass is 79.9. The quantitative estimate of drug-likeness (QED) is 0.773. The van der Waals surface area contributed by atoms with Crippen LogP contribution in [-0.4, -0.2) is 40.9 Å². The van der Waals surface area contributed by atoms with E-state index in [0.717, 1.165) is 41.9 Å². The van der Waals surface area contributed by atoms with E-state index in [0.29, 0.717) is 17.1 Å². The summed E-state index contributed by atoms with van der Waals surface area (Å²) in [7, 11) is -3.30. The van der Waals surface area contributed by atoms with Crippen molar-refractivity contribution >= 4 is 37.1 Å². The number of anilines is 2. The van der Waals surface area contributed by atoms with E-state index in [1.807, 2.05) is 36.4 Å². The number of halogens is 1. The van der Waals surface area contributed by atoms with Crippen molar-refractivity contribution in [2.24, 2.45) is 0 Å². The maximum absolute atomic E-state index is 12.1. The summed E-state index contributed by atoms with van der Waals surface area (Å²) in [5, 5.41) is 6.63. The fourth-order valence-electron chi connectivity index (χ4n) is 2.94. The van der Waals surface area contributed by atoms with E-state index in [1.165, 1.54) is 6.26 Å². The van der Waals surface area contributed by atoms with Gasteiger partial charge in [0.15, 0.2) is 9.84 Å². The molecular weight excluding hydrogens is 402 g/mol. The van der Waals surface area contributed by atoms with Crippen molar-refractivity contribution in [2.75, 3.05) is 42.7 Å². The van der Waals surface area contributed by atoms with Gasteiger partial charge in [-0.1, -0.05) is 28.1 Å². The zero-order valence-electron chi connectivity index (χ0n) is 14.1. The summed E-state index contributed by atoms with van der Waals surface area (Å²) in [5.74, 6) is 0. The lowest BCUT2D eigenvalue weighted by molar-refractivity contribution is 0.589. The van der Waals surface area contributed by atoms with Crippen molar-refractivity contribution in [3.63, 3.8) is 0 Å². The third-order valence-electron chi connectivity index (χ3n) is 4.22. The number of hydrogen-bond acceptors (Lipinski definition) is 5. The lowest BCUT2D eigenvalue weighted by Gasteiger charge is -2.30. The van der Waals surface area contributed by atoms with Gasteiger partial charge in [0.1, 0.15) is 0 Å². The Labute approximate surface area is 157 Å². The minimum atomic E-state index is -3.30. The number of sulfone groups is 1. The van der Waals surface area contributed by atoms with Gasteiger partial charge in [-0.3, -0.25) is 0 Å². The average molecular weight is 424 g/mol. The van der Waals surface area contributed by atoms with Crippen LogP contribution in [0.5, 0.6) is 0 Å². The highest BCUT2D eigenvalue weighted by Crippen LogP contribution is 2.28. The largest absolute Gasteiger partial charge is 0.380 e. The van der Waals surface area contributed by atoms with Crippen LogP contribution in [0, 0.1) is 0 Å². The normalized spacial score (nSPS) is 15.2. The molecule has 0 amide bonds. The fraction of sp³-hybridized carbons (Fsp3) is 0.333. The van der Waals surface area contributed by atoms with Crippen LogP contribution in [0.3, 0.4) is 0 Å². The SMILES string of the molecule is CS(=O)(=O)c1ccc(N2CCNCC2)cc1NCc1cccc(Br)c1. The number of nitrogens with one attached hydrogen (secondary N) is 2. The van der Waals surface area contributed by atoms with Crippen LogP contribution in [0.1, 0.15) is 5.56 Å². The lowest BCUT2D eigenvalue weighted by Crippen LogP contribution is -2.43. The van der Waals surface area contributed by atoms with E-state index in [2.05, 4.69) is 31.5 Å². The second-order valence-corrected chi connectivity index (χ2v) is 9.07. The predicted octanol–water partition coefficient (Wildman–Crippen LogP) is 2.87. The standard InChI is InChI=1S/C18H22BrN3O2S/c1-25(23,24)18-6-5-16(22-9-7-20-8-10-22)12-17(18)21-13-14-3-2-4-15(19)11-14/h2-6,11-12,20-21H,7-10,13H2,1H3. The maximum atomic E-state index is 12.1. The Morgan fingerprint density at radius 3 is 2.60 bits per heavy atom. The second-order valence-electron chi connectivity index (χ2n) is 6.17. The first-order valence-corrected chi connectivity index (χ1v) is 10.9. The van der Waals surface area contributed by atoms with E-state index >= 15 is 0 Å². The van der Waals surface area contributed by atoms with Crippen LogP contribution in [0.4, 0.5) is 11.4 Å². The van der Waals surface area contributed by atoms with Gasteiger partial charge in [-0.05, 0) is 35.9 Å². The Bertz CT molecular complexity index is 849. The molecule has 0 aromatic heterocycles. The molecule has 0 aliphatic carbocycles. The van der Waals surface area contributed by atoms with Crippen molar-refractivity contribution in [1.82, 2.24) is 5.32 Å². The Morgan fingerprint density at radius 1 is 1.16 bits per heavy atom. The molecule has 1 aliphatic heterocycles. The first-order chi connectivity index (χ1) is 11.9. The van der Waals surface area contributed by atoms with Gasteiger partial charge < -0.3 is 15.5 Å². The van der Waals surface area contributed by atoms with Crippen molar-refractivity contribution in [3.05, 3.63) is 52.5 Å². The number of rotatable bonds is 5. The Morgan fingerprint density at radius 2 is 1.92 bits per heavy atom. The van der Waals surface area contributed by atoms with Crippen molar-refractivity contribution < 1.29 is 8.42 Å². The molecule has 5 nitrogen and oxygen atoms in total. The Balaban J connectivity index is 1.87. The van der Waals surface area contributed by atoms with E-state index in [1.54, 1.807) is 6.07 Å². The van der Waals surface area contributed by atoms with Crippen LogP contribution in [0.15, 0.2) is 51.8 Å². The molecule has 25 heavy (non-hydrogen) atoms. The molecule has 0 unspecified atom stereocenters. The first kappa shape index (κ1) is 18.2. The van der Waals surface area contributed by atoms with Gasteiger partial charge in [0.2, 0.25) is 0 Å². The topological polar surface area (TPSA) is 61.4 Å². The Hall–Kier alpha value is -1.57. The molecule has 1 heterocycles. The molecule has 0 saturated carbocycles. The molecule has 0 radical (unpaired) electrons. The molecule has 1 aliphatic rings. The molecule has 3 rings (SSSR count). The molecule has 2 aromatic rings. The van der Waals surface area contributed by atoms with Gasteiger partial charge in [-0.25, -0.2) is 8.42 Å². The van der Waals surface area contributed by atoms with E-state index in [9.17, 15) is 8.42 Å². The number of piperazine rings is 1. The zero-order chi connectivity index (χ0) is 17.9. The van der Waals surface area contributed by atoms with Crippen LogP contribution >= 0.6 is 15.9 Å². The van der Waals surface area contributed by atoms with Gasteiger partial charge in [0.05, 0.1) is 10.6 Å². The third-order valence-corrected chi connectivity index (χ3v) is 5.86. The van der Waals surface area contributed by atoms with Crippen LogP contribution in [0.25, 0.3) is 0 Å². The fourth-order valence-corrected chi connectivity index (χ4v) is 4.24. The van der Waals surface area contributed by atoms with Crippen molar-refractivity contribution in [2.45, 2.75) is 11.4 Å². The van der Waals surface area contributed by atoms with Crippen LogP contribution in [0.2, 0.25) is 0 Å². The van der Waals surface area contributed by atoms with E-state index in [-0.39, 0.29) is 0 Å². The summed E-state index contributed by atoms with van der Waals surface area (Å²) in [4.78, 5) is 2.61. The van der Waals surface area contributed by atoms with Gasteiger partial charge >= 0.3 is 0 Å². The highest BCUT2D eigenvalue weighted by Gasteiger charge is 2.17. The van der Waals surface area contributed by atoms with Crippen molar-refractivity contribution in [1.29, 1.82) is 0 Å². The monoisotopic (exact) mass is 423 g/mol. The third kappa shape index (κ3) is 4.74. The van der Waals surface area contributed by atoms with Crippen LogP contribution < -0.4 is 15.5 Å². The first-order valence-electron chi connectivity index (χ1n) is 8.21. The molecule has 2 N–H and O–H groups in total. The summed E-state index contributed by atoms with van der Waals surface area (Å²) in [5.41, 5.74) is 2.78. The molecule has 1 saturated heterocycles. The maximum Gasteiger partial charge on any atom is 0.177 e. The van der Waals surface area contributed by atoms with Gasteiger partial charge in [0.25, 0.3) is 0 Å². The van der Waals surface area contributed by atoms with E-state index < -0.39 is 9.84 Å². The van der Waals surface area contributed by atoms with Gasteiger partial charge in [-0.2, -0.15) is 0 Å². The number of nitrogens with zero attached hydrogens (tertiary/aromatic N) is 1. The summed E-state index contributed by atoms with van der Waals surface area (Å²) in [6.07, 6.45) is 1.25. The molecule has 1 fully saturated rings. The van der Waals surface area contributed by atoms with Crippen molar-refractivity contribution in [3.8, 4) is 0 Å². The minimum absolute atomic E-state index is 0.335. The average Bonchev–Trinajstić information content (AvgIpc) is 2.60. The van der Waals surface area contributed by atoms with Gasteiger partial charge in [0, 0.05) is 49.1 Å². The second kappa shape index (κ2) is 7.76. The molecule has 0 spiro atoms. The predicted molar refractivity (Wildman–Crippen MR) is 106 cm³/mol. The summed E-state index contributed by atoms with van der Waals surface area (Å²) < 4.78 is 25.3. The zero-order valence-corrected chi connectivity index (χ0v) is 16.5. The summed E-state index contributed by atoms with van der Waals surface area (Å²) in [6, 6.07) is 13.5. The molecule has 0 bridgehead atoms. The van der Waals surface area contributed by atoms with Gasteiger partial charge in [-0.15, -0.1) is 0 Å². The number of hydrogen-bond donors (Lipinski definition) is 2. The number of benzene rings is 2. The smallest absolute Gasteiger partial charge is 0.177 e. The molecular formula is C18H22BrN3O2S. The molecule has 134 valence electrons. The summed E-state index contributed by atoms with van der Waals surface area (Å²) in [6.45, 7) is 4.28. The van der Waals surface area contributed by atoms with E-state index in [4.69, 9.17) is 0 Å². The molecule has 0 atom stereocenters. The summed E-state index contributed by atoms with van der Waals surface area (Å²) >= 11 is 3.46. The van der Waals surface area contributed by atoms with Crippen LogP contribution in [-0.2, 0) is 16.4 Å². The molecule has 2 aromatic carbocycles. The molecule has 7 heteroatoms. The highest BCUT2D eigenvalue weighted by molar-refractivity contribution is 9.10. The minimum Gasteiger partial charge on any atom is -0.380 e.